The fourth-order valence-electron chi connectivity index (χ4n) is 1.92. The van der Waals surface area contributed by atoms with Crippen LogP contribution in [0.25, 0.3) is 0 Å². The van der Waals surface area contributed by atoms with Gasteiger partial charge in [-0.2, -0.15) is 11.8 Å². The molecule has 0 aliphatic carbocycles. The van der Waals surface area contributed by atoms with E-state index in [-0.39, 0.29) is 12.5 Å². The van der Waals surface area contributed by atoms with Crippen molar-refractivity contribution < 1.29 is 24.2 Å². The number of amides is 2. The van der Waals surface area contributed by atoms with Crippen LogP contribution in [0, 0.1) is 0 Å². The molecule has 1 aromatic carbocycles. The molecule has 0 bridgehead atoms. The van der Waals surface area contributed by atoms with Crippen LogP contribution in [0.5, 0.6) is 0 Å². The van der Waals surface area contributed by atoms with E-state index in [4.69, 9.17) is 9.84 Å². The summed E-state index contributed by atoms with van der Waals surface area (Å²) in [5.41, 5.74) is 0.458. The normalized spacial score (nSPS) is 12.9. The van der Waals surface area contributed by atoms with Gasteiger partial charge in [0, 0.05) is 12.7 Å². The third-order valence-electron chi connectivity index (χ3n) is 3.29. The summed E-state index contributed by atoms with van der Waals surface area (Å²) in [6, 6.07) is 7.85. The highest BCUT2D eigenvalue weighted by molar-refractivity contribution is 7.98. The molecule has 0 saturated heterocycles. The minimum Gasteiger partial charge on any atom is -0.479 e. The number of benzene rings is 1. The van der Waals surface area contributed by atoms with Crippen LogP contribution in [0.15, 0.2) is 30.3 Å². The summed E-state index contributed by atoms with van der Waals surface area (Å²) >= 11 is 1.55. The maximum Gasteiger partial charge on any atom is 0.334 e. The smallest absolute Gasteiger partial charge is 0.334 e. The molecule has 0 heterocycles. The van der Waals surface area contributed by atoms with Gasteiger partial charge < -0.3 is 20.5 Å². The first-order chi connectivity index (χ1) is 11.5. The molecule has 1 aromatic rings. The molecule has 2 atom stereocenters. The predicted octanol–water partition coefficient (Wildman–Crippen LogP) is 0.754. The van der Waals surface area contributed by atoms with Crippen LogP contribution < -0.4 is 10.6 Å². The van der Waals surface area contributed by atoms with E-state index in [2.05, 4.69) is 10.6 Å². The molecule has 24 heavy (non-hydrogen) atoms. The minimum atomic E-state index is -1.16. The first-order valence-corrected chi connectivity index (χ1v) is 8.77. The van der Waals surface area contributed by atoms with E-state index in [1.807, 2.05) is 6.26 Å². The SMILES string of the molecule is COC(CNC(=O)C(CCSC)NC(=O)c1ccccc1)C(=O)O. The lowest BCUT2D eigenvalue weighted by atomic mass is 10.1. The lowest BCUT2D eigenvalue weighted by Crippen LogP contribution is -2.49. The average molecular weight is 354 g/mol. The number of carbonyl (C=O) groups is 3. The van der Waals surface area contributed by atoms with Crippen molar-refractivity contribution in [3.05, 3.63) is 35.9 Å². The van der Waals surface area contributed by atoms with Gasteiger partial charge in [-0.25, -0.2) is 4.79 Å². The Bertz CT molecular complexity index is 553. The van der Waals surface area contributed by atoms with Crippen molar-refractivity contribution in [2.75, 3.05) is 25.7 Å². The molecule has 8 heteroatoms. The highest BCUT2D eigenvalue weighted by atomic mass is 32.2. The number of rotatable bonds is 10. The van der Waals surface area contributed by atoms with Crippen LogP contribution in [-0.2, 0) is 14.3 Å². The van der Waals surface area contributed by atoms with Crippen molar-refractivity contribution in [3.63, 3.8) is 0 Å². The Morgan fingerprint density at radius 3 is 2.46 bits per heavy atom. The zero-order valence-corrected chi connectivity index (χ0v) is 14.5. The van der Waals surface area contributed by atoms with E-state index < -0.39 is 24.0 Å². The van der Waals surface area contributed by atoms with Gasteiger partial charge in [0.15, 0.2) is 6.10 Å². The summed E-state index contributed by atoms with van der Waals surface area (Å²) in [5, 5.41) is 14.1. The number of ether oxygens (including phenoxy) is 1. The van der Waals surface area contributed by atoms with Crippen molar-refractivity contribution in [1.29, 1.82) is 0 Å². The van der Waals surface area contributed by atoms with Crippen molar-refractivity contribution in [1.82, 2.24) is 10.6 Å². The Hall–Kier alpha value is -2.06. The Labute approximate surface area is 145 Å². The summed E-state index contributed by atoms with van der Waals surface area (Å²) in [4.78, 5) is 35.4. The molecule has 7 nitrogen and oxygen atoms in total. The molecule has 0 saturated carbocycles. The molecule has 132 valence electrons. The monoisotopic (exact) mass is 354 g/mol. The van der Waals surface area contributed by atoms with Crippen LogP contribution in [0.2, 0.25) is 0 Å². The molecule has 0 fully saturated rings. The highest BCUT2D eigenvalue weighted by Gasteiger charge is 2.23. The third-order valence-corrected chi connectivity index (χ3v) is 3.93. The van der Waals surface area contributed by atoms with E-state index in [1.54, 1.807) is 42.1 Å². The lowest BCUT2D eigenvalue weighted by Gasteiger charge is -2.19. The molecule has 0 spiro atoms. The fourth-order valence-corrected chi connectivity index (χ4v) is 2.39. The predicted molar refractivity (Wildman–Crippen MR) is 92.1 cm³/mol. The fraction of sp³-hybridized carbons (Fsp3) is 0.438. The Morgan fingerprint density at radius 1 is 1.25 bits per heavy atom. The van der Waals surface area contributed by atoms with Crippen molar-refractivity contribution in [3.8, 4) is 0 Å². The van der Waals surface area contributed by atoms with Gasteiger partial charge in [-0.15, -0.1) is 0 Å². The maximum absolute atomic E-state index is 12.3. The summed E-state index contributed by atoms with van der Waals surface area (Å²) in [6.45, 7) is -0.165. The zero-order chi connectivity index (χ0) is 17.9. The number of thioether (sulfide) groups is 1. The first kappa shape index (κ1) is 20.0. The molecular formula is C16H22N2O5S. The van der Waals surface area contributed by atoms with Gasteiger partial charge in [-0.1, -0.05) is 18.2 Å². The van der Waals surface area contributed by atoms with Crippen LogP contribution in [0.4, 0.5) is 0 Å². The average Bonchev–Trinajstić information content (AvgIpc) is 2.59. The van der Waals surface area contributed by atoms with Gasteiger partial charge in [-0.05, 0) is 30.6 Å². The number of carboxylic acids is 1. The van der Waals surface area contributed by atoms with E-state index >= 15 is 0 Å². The molecule has 2 unspecified atom stereocenters. The third kappa shape index (κ3) is 6.59. The molecule has 0 aromatic heterocycles. The van der Waals surface area contributed by atoms with Crippen molar-refractivity contribution in [2.24, 2.45) is 0 Å². The standard InChI is InChI=1S/C16H22N2O5S/c1-23-13(16(21)22)10-17-15(20)12(8-9-24-2)18-14(19)11-6-4-3-5-7-11/h3-7,12-13H,8-10H2,1-2H3,(H,17,20)(H,18,19)(H,21,22). The van der Waals surface area contributed by atoms with Crippen LogP contribution >= 0.6 is 11.8 Å². The number of aliphatic carboxylic acids is 1. The Kier molecular flexibility index (Phi) is 8.88. The molecule has 1 rings (SSSR count). The summed E-state index contributed by atoms with van der Waals surface area (Å²) in [6.07, 6.45) is 1.22. The van der Waals surface area contributed by atoms with E-state index in [9.17, 15) is 14.4 Å². The quantitative estimate of drug-likeness (QED) is 0.573. The summed E-state index contributed by atoms with van der Waals surface area (Å²) in [5.74, 6) is -1.26. The zero-order valence-electron chi connectivity index (χ0n) is 13.7. The minimum absolute atomic E-state index is 0.165. The first-order valence-electron chi connectivity index (χ1n) is 7.37. The Morgan fingerprint density at radius 2 is 1.92 bits per heavy atom. The second-order valence-electron chi connectivity index (χ2n) is 4.98. The number of carboxylic acid groups (broad SMARTS) is 1. The van der Waals surface area contributed by atoms with Gasteiger partial charge >= 0.3 is 5.97 Å². The van der Waals surface area contributed by atoms with Gasteiger partial charge in [0.1, 0.15) is 6.04 Å². The second kappa shape index (κ2) is 10.7. The number of hydrogen-bond acceptors (Lipinski definition) is 5. The Balaban J connectivity index is 2.68. The topological polar surface area (TPSA) is 105 Å². The maximum atomic E-state index is 12.3. The molecule has 0 radical (unpaired) electrons. The van der Waals surface area contributed by atoms with Crippen molar-refractivity contribution >= 4 is 29.5 Å². The molecule has 2 amide bonds. The van der Waals surface area contributed by atoms with Crippen molar-refractivity contribution in [2.45, 2.75) is 18.6 Å². The van der Waals surface area contributed by atoms with E-state index in [0.717, 1.165) is 0 Å². The number of hydrogen-bond donors (Lipinski definition) is 3. The lowest BCUT2D eigenvalue weighted by molar-refractivity contribution is -0.148. The molecule has 0 aliphatic rings. The largest absolute Gasteiger partial charge is 0.479 e. The number of nitrogens with one attached hydrogen (secondary N) is 2. The molecule has 0 aliphatic heterocycles. The van der Waals surface area contributed by atoms with Gasteiger partial charge in [0.2, 0.25) is 5.91 Å². The summed E-state index contributed by atoms with van der Waals surface area (Å²) in [7, 11) is 1.26. The van der Waals surface area contributed by atoms with Crippen LogP contribution in [-0.4, -0.2) is 60.7 Å². The molecular weight excluding hydrogens is 332 g/mol. The molecule has 3 N–H and O–H groups in total. The van der Waals surface area contributed by atoms with Crippen LogP contribution in [0.1, 0.15) is 16.8 Å². The summed E-state index contributed by atoms with van der Waals surface area (Å²) < 4.78 is 4.77. The number of carbonyl (C=O) groups excluding carboxylic acids is 2. The van der Waals surface area contributed by atoms with Gasteiger partial charge in [-0.3, -0.25) is 9.59 Å². The van der Waals surface area contributed by atoms with Crippen LogP contribution in [0.3, 0.4) is 0 Å². The van der Waals surface area contributed by atoms with Gasteiger partial charge in [0.05, 0.1) is 6.54 Å². The van der Waals surface area contributed by atoms with E-state index in [1.165, 1.54) is 7.11 Å². The number of methoxy groups -OCH3 is 1. The highest BCUT2D eigenvalue weighted by Crippen LogP contribution is 2.04. The van der Waals surface area contributed by atoms with E-state index in [0.29, 0.717) is 17.7 Å². The van der Waals surface area contributed by atoms with Gasteiger partial charge in [0.25, 0.3) is 5.91 Å². The second-order valence-corrected chi connectivity index (χ2v) is 5.97.